The molecule has 8 heteroatoms. The van der Waals surface area contributed by atoms with Crippen molar-refractivity contribution >= 4 is 88.3 Å². The van der Waals surface area contributed by atoms with Crippen molar-refractivity contribution in [2.24, 2.45) is 0 Å². The van der Waals surface area contributed by atoms with E-state index in [1.165, 1.54) is 25.5 Å². The Morgan fingerprint density at radius 3 is 1.14 bits per heavy atom. The van der Waals surface area contributed by atoms with Crippen LogP contribution in [0.2, 0.25) is 0 Å². The van der Waals surface area contributed by atoms with Crippen LogP contribution in [0.4, 0.5) is 32.8 Å². The van der Waals surface area contributed by atoms with E-state index in [-0.39, 0.29) is 0 Å². The summed E-state index contributed by atoms with van der Waals surface area (Å²) in [5.41, 5.74) is 13.7. The third-order valence-corrected chi connectivity index (χ3v) is 14.3. The first-order valence-electron chi connectivity index (χ1n) is 21.8. The maximum absolute atomic E-state index is 4.99. The zero-order valence-corrected chi connectivity index (χ0v) is 37.1. The van der Waals surface area contributed by atoms with Crippen molar-refractivity contribution in [3.8, 4) is 43.1 Å². The molecule has 0 radical (unpaired) electrons. The van der Waals surface area contributed by atoms with Crippen LogP contribution in [0, 0.1) is 0 Å². The van der Waals surface area contributed by atoms with Gasteiger partial charge in [-0.2, -0.15) is 0 Å². The van der Waals surface area contributed by atoms with Gasteiger partial charge in [-0.05, 0) is 82.9 Å². The number of nitrogens with zero attached hydrogens (tertiary/aromatic N) is 6. The molecule has 0 aliphatic carbocycles. The molecule has 8 aromatic carbocycles. The second-order valence-electron chi connectivity index (χ2n) is 15.8. The second-order valence-corrected chi connectivity index (χ2v) is 17.9. The molecular weight excluding hydrogens is 845 g/mol. The van der Waals surface area contributed by atoms with Crippen LogP contribution in [-0.4, -0.2) is 19.9 Å². The van der Waals surface area contributed by atoms with Gasteiger partial charge in [0.1, 0.15) is 10.0 Å². The Kier molecular flexibility index (Phi) is 10.1. The van der Waals surface area contributed by atoms with Gasteiger partial charge < -0.3 is 9.80 Å². The number of aromatic nitrogens is 4. The average Bonchev–Trinajstić information content (AvgIpc) is 4.03. The van der Waals surface area contributed by atoms with Gasteiger partial charge in [0.15, 0.2) is 0 Å². The topological polar surface area (TPSA) is 58.0 Å². The quantitative estimate of drug-likeness (QED) is 0.128. The summed E-state index contributed by atoms with van der Waals surface area (Å²) in [6.45, 7) is 0. The predicted molar refractivity (Wildman–Crippen MR) is 277 cm³/mol. The van der Waals surface area contributed by atoms with Gasteiger partial charge in [0.2, 0.25) is 0 Å². The Labute approximate surface area is 390 Å². The Morgan fingerprint density at radius 2 is 0.682 bits per heavy atom. The summed E-state index contributed by atoms with van der Waals surface area (Å²) in [7, 11) is 0. The lowest BCUT2D eigenvalue weighted by atomic mass is 9.93. The zero-order valence-electron chi connectivity index (χ0n) is 35.4. The number of hydrogen-bond donors (Lipinski definition) is 0. The van der Waals surface area contributed by atoms with Gasteiger partial charge in [-0.25, -0.2) is 0 Å². The molecule has 4 aromatic heterocycles. The summed E-state index contributed by atoms with van der Waals surface area (Å²) in [6.07, 6.45) is 7.06. The zero-order chi connectivity index (χ0) is 43.8. The maximum atomic E-state index is 4.99. The summed E-state index contributed by atoms with van der Waals surface area (Å²) >= 11 is 3.58. The van der Waals surface area contributed by atoms with Crippen molar-refractivity contribution in [3.63, 3.8) is 0 Å². The normalized spacial score (nSPS) is 11.3. The van der Waals surface area contributed by atoms with Crippen LogP contribution < -0.4 is 9.80 Å². The molecule has 0 aliphatic rings. The summed E-state index contributed by atoms with van der Waals surface area (Å²) in [6, 6.07) is 72.9. The van der Waals surface area contributed by atoms with Gasteiger partial charge in [0, 0.05) is 79.2 Å². The number of rotatable bonds is 10. The summed E-state index contributed by atoms with van der Waals surface area (Å²) < 4.78 is 0. The highest BCUT2D eigenvalue weighted by atomic mass is 32.1. The summed E-state index contributed by atoms with van der Waals surface area (Å²) in [5, 5.41) is 4.74. The minimum atomic E-state index is 0.785. The van der Waals surface area contributed by atoms with E-state index in [1.807, 2.05) is 11.3 Å². The first-order chi connectivity index (χ1) is 32.8. The molecule has 0 spiro atoms. The molecule has 66 heavy (non-hydrogen) atoms. The smallest absolute Gasteiger partial charge is 0.109 e. The van der Waals surface area contributed by atoms with Crippen molar-refractivity contribution in [1.29, 1.82) is 0 Å². The van der Waals surface area contributed by atoms with Crippen molar-refractivity contribution in [2.45, 2.75) is 0 Å². The molecule has 0 saturated carbocycles. The van der Waals surface area contributed by atoms with Gasteiger partial charge in [0.05, 0.1) is 22.1 Å². The number of benzene rings is 8. The molecule has 0 N–H and O–H groups in total. The third-order valence-electron chi connectivity index (χ3n) is 11.9. The fourth-order valence-electron chi connectivity index (χ4n) is 8.92. The minimum Gasteiger partial charge on any atom is -0.302 e. The van der Waals surface area contributed by atoms with Crippen molar-refractivity contribution in [3.05, 3.63) is 231 Å². The van der Waals surface area contributed by atoms with E-state index in [0.29, 0.717) is 0 Å². The molecule has 0 amide bonds. The number of para-hydroxylation sites is 4. The molecular formula is C58H38N6S2. The number of hydrogen-bond acceptors (Lipinski definition) is 8. The molecule has 12 rings (SSSR count). The minimum absolute atomic E-state index is 0.785. The lowest BCUT2D eigenvalue weighted by molar-refractivity contribution is 1.27. The second kappa shape index (κ2) is 17.0. The standard InChI is InChI=1S/C58H38N6S2/c1-5-15-43(16-6-1)63(44-17-7-2-8-18-44)50-34-33-49(65-50)39-25-27-40(28-26-39)51-53-55(61-37-35-59-53)52(56-54(51)60-36-38-62-56)41-29-31-42(32-30-41)57-47-23-13-14-24-48(47)58(66-57)64(45-19-9-3-10-20-45)46-21-11-4-12-22-46/h1-38H. The largest absolute Gasteiger partial charge is 0.302 e. The molecule has 0 saturated heterocycles. The third kappa shape index (κ3) is 7.05. The lowest BCUT2D eigenvalue weighted by Gasteiger charge is -2.24. The van der Waals surface area contributed by atoms with Gasteiger partial charge in [-0.3, -0.25) is 19.9 Å². The first kappa shape index (κ1) is 39.3. The molecule has 0 aliphatic heterocycles. The molecule has 0 unspecified atom stereocenters. The Hall–Kier alpha value is -8.30. The fraction of sp³-hybridized carbons (Fsp3) is 0. The molecule has 0 atom stereocenters. The van der Waals surface area contributed by atoms with Crippen LogP contribution >= 0.6 is 22.7 Å². The van der Waals surface area contributed by atoms with Crippen LogP contribution in [0.5, 0.6) is 0 Å². The van der Waals surface area contributed by atoms with Crippen LogP contribution in [-0.2, 0) is 0 Å². The van der Waals surface area contributed by atoms with Crippen LogP contribution in [0.25, 0.3) is 76.0 Å². The highest BCUT2D eigenvalue weighted by molar-refractivity contribution is 7.21. The van der Waals surface area contributed by atoms with E-state index in [1.54, 1.807) is 36.1 Å². The van der Waals surface area contributed by atoms with E-state index in [4.69, 9.17) is 19.9 Å². The lowest BCUT2D eigenvalue weighted by Crippen LogP contribution is -2.08. The van der Waals surface area contributed by atoms with Crippen molar-refractivity contribution in [1.82, 2.24) is 19.9 Å². The van der Waals surface area contributed by atoms with Gasteiger partial charge in [-0.1, -0.05) is 146 Å². The van der Waals surface area contributed by atoms with Crippen LogP contribution in [0.3, 0.4) is 0 Å². The molecule has 12 aromatic rings. The Balaban J connectivity index is 0.916. The first-order valence-corrected chi connectivity index (χ1v) is 23.4. The predicted octanol–water partition coefficient (Wildman–Crippen LogP) is 16.5. The monoisotopic (exact) mass is 882 g/mol. The molecule has 312 valence electrons. The summed E-state index contributed by atoms with van der Waals surface area (Å²) in [4.78, 5) is 27.0. The van der Waals surface area contributed by atoms with Gasteiger partial charge in [0.25, 0.3) is 0 Å². The average molecular weight is 883 g/mol. The maximum Gasteiger partial charge on any atom is 0.109 e. The van der Waals surface area contributed by atoms with E-state index < -0.39 is 0 Å². The van der Waals surface area contributed by atoms with Gasteiger partial charge >= 0.3 is 0 Å². The van der Waals surface area contributed by atoms with E-state index in [9.17, 15) is 0 Å². The highest BCUT2D eigenvalue weighted by Gasteiger charge is 2.23. The number of fused-ring (bicyclic) bond motifs is 3. The van der Waals surface area contributed by atoms with Crippen LogP contribution in [0.1, 0.15) is 0 Å². The number of anilines is 6. The van der Waals surface area contributed by atoms with Crippen LogP contribution in [0.15, 0.2) is 231 Å². The molecule has 4 heterocycles. The van der Waals surface area contributed by atoms with Gasteiger partial charge in [-0.15, -0.1) is 22.7 Å². The van der Waals surface area contributed by atoms with E-state index in [2.05, 4.69) is 216 Å². The Morgan fingerprint density at radius 1 is 0.303 bits per heavy atom. The fourth-order valence-corrected chi connectivity index (χ4v) is 11.3. The van der Waals surface area contributed by atoms with E-state index >= 15 is 0 Å². The molecule has 0 fully saturated rings. The van der Waals surface area contributed by atoms with Crippen molar-refractivity contribution < 1.29 is 0 Å². The summed E-state index contributed by atoms with van der Waals surface area (Å²) in [5.74, 6) is 0. The molecule has 0 bridgehead atoms. The van der Waals surface area contributed by atoms with Crippen molar-refractivity contribution in [2.75, 3.05) is 9.80 Å². The molecule has 6 nitrogen and oxygen atoms in total. The highest BCUT2D eigenvalue weighted by Crippen LogP contribution is 2.50. The SMILES string of the molecule is c1ccc(N(c2ccccc2)c2ccc(-c3ccc(-c4c5nccnc5c(-c5ccc(-c6sc(N(c7ccccc7)c7ccccc7)c7ccccc67)cc5)c5nccnc45)cc3)s2)cc1. The number of thiophene rings is 2. The van der Waals surface area contributed by atoms with E-state index in [0.717, 1.165) is 83.2 Å². The Bertz CT molecular complexity index is 3500.